The van der Waals surface area contributed by atoms with Crippen LogP contribution in [-0.4, -0.2) is 17.8 Å². The Balaban J connectivity index is 1.85. The summed E-state index contributed by atoms with van der Waals surface area (Å²) in [6, 6.07) is 9.10. The van der Waals surface area contributed by atoms with Gasteiger partial charge in [0.05, 0.1) is 12.3 Å². The highest BCUT2D eigenvalue weighted by atomic mass is 16.4. The number of carboxylic acids is 1. The van der Waals surface area contributed by atoms with Crippen molar-refractivity contribution in [1.29, 1.82) is 0 Å². The Morgan fingerprint density at radius 3 is 2.27 bits per heavy atom. The third kappa shape index (κ3) is 4.18. The Hall–Kier alpha value is -2.63. The molecule has 2 amide bonds. The van der Waals surface area contributed by atoms with Crippen molar-refractivity contribution in [1.82, 2.24) is 10.9 Å². The maximum atomic E-state index is 12.0. The number of hydrazine groups is 1. The fourth-order valence-electron chi connectivity index (χ4n) is 2.41. The minimum Gasteiger partial charge on any atom is -0.550 e. The molecule has 0 spiro atoms. The van der Waals surface area contributed by atoms with Crippen LogP contribution >= 0.6 is 0 Å². The number of hydrogen-bond acceptors (Lipinski definition) is 4. The van der Waals surface area contributed by atoms with E-state index in [0.717, 1.165) is 5.56 Å². The predicted molar refractivity (Wildman–Crippen MR) is 76.8 cm³/mol. The van der Waals surface area contributed by atoms with E-state index in [9.17, 15) is 19.5 Å². The Bertz CT molecular complexity index is 583. The second-order valence-corrected chi connectivity index (χ2v) is 5.17. The Labute approximate surface area is 128 Å². The molecule has 0 fully saturated rings. The molecule has 6 nitrogen and oxygen atoms in total. The van der Waals surface area contributed by atoms with E-state index in [1.807, 2.05) is 18.2 Å². The van der Waals surface area contributed by atoms with Gasteiger partial charge in [-0.3, -0.25) is 20.4 Å². The highest BCUT2D eigenvalue weighted by Gasteiger charge is 2.29. The summed E-state index contributed by atoms with van der Waals surface area (Å²) in [5.74, 6) is -3.72. The first-order chi connectivity index (χ1) is 10.6. The number of carbonyl (C=O) groups excluding carboxylic acids is 3. The highest BCUT2D eigenvalue weighted by Crippen LogP contribution is 2.25. The summed E-state index contributed by atoms with van der Waals surface area (Å²) in [4.78, 5) is 34.8. The van der Waals surface area contributed by atoms with Gasteiger partial charge >= 0.3 is 0 Å². The number of benzene rings is 1. The molecule has 2 rings (SSSR count). The van der Waals surface area contributed by atoms with Crippen LogP contribution in [0.4, 0.5) is 0 Å². The van der Waals surface area contributed by atoms with Crippen LogP contribution in [0.3, 0.4) is 0 Å². The molecule has 1 aliphatic rings. The first-order valence-corrected chi connectivity index (χ1v) is 7.06. The van der Waals surface area contributed by atoms with Gasteiger partial charge in [-0.25, -0.2) is 0 Å². The van der Waals surface area contributed by atoms with E-state index in [0.29, 0.717) is 6.42 Å². The normalized spacial score (nSPS) is 20.2. The molecular weight excluding hydrogens is 284 g/mol. The average Bonchev–Trinajstić information content (AvgIpc) is 2.53. The molecule has 0 unspecified atom stereocenters. The van der Waals surface area contributed by atoms with Gasteiger partial charge in [-0.05, 0) is 18.4 Å². The fraction of sp³-hybridized carbons (Fsp3) is 0.312. The molecule has 2 atom stereocenters. The quantitative estimate of drug-likeness (QED) is 0.589. The van der Waals surface area contributed by atoms with Crippen LogP contribution in [0.2, 0.25) is 0 Å². The number of carboxylic acid groups (broad SMARTS) is 1. The summed E-state index contributed by atoms with van der Waals surface area (Å²) >= 11 is 0. The number of hydrogen-bond donors (Lipinski definition) is 2. The molecule has 0 saturated heterocycles. The summed E-state index contributed by atoms with van der Waals surface area (Å²) < 4.78 is 0. The minimum atomic E-state index is -1.25. The molecule has 0 saturated carbocycles. The van der Waals surface area contributed by atoms with Crippen LogP contribution < -0.4 is 16.0 Å². The van der Waals surface area contributed by atoms with Crippen molar-refractivity contribution < 1.29 is 19.5 Å². The van der Waals surface area contributed by atoms with Crippen molar-refractivity contribution >= 4 is 17.8 Å². The van der Waals surface area contributed by atoms with Gasteiger partial charge in [-0.1, -0.05) is 42.5 Å². The molecule has 1 aliphatic carbocycles. The number of carbonyl (C=O) groups is 3. The summed E-state index contributed by atoms with van der Waals surface area (Å²) in [7, 11) is 0. The van der Waals surface area contributed by atoms with Crippen molar-refractivity contribution in [2.45, 2.75) is 19.3 Å². The van der Waals surface area contributed by atoms with Crippen LogP contribution in [0.1, 0.15) is 18.4 Å². The first kappa shape index (κ1) is 15.8. The zero-order valence-electron chi connectivity index (χ0n) is 12.0. The van der Waals surface area contributed by atoms with Crippen molar-refractivity contribution in [3.8, 4) is 0 Å². The lowest BCUT2D eigenvalue weighted by atomic mass is 9.82. The molecule has 1 aromatic rings. The first-order valence-electron chi connectivity index (χ1n) is 7.06. The number of aliphatic carboxylic acids is 1. The van der Waals surface area contributed by atoms with E-state index in [1.165, 1.54) is 0 Å². The van der Waals surface area contributed by atoms with Gasteiger partial charge < -0.3 is 9.90 Å². The van der Waals surface area contributed by atoms with E-state index < -0.39 is 23.7 Å². The maximum Gasteiger partial charge on any atom is 0.242 e. The topological polar surface area (TPSA) is 98.3 Å². The molecule has 116 valence electrons. The fourth-order valence-corrected chi connectivity index (χ4v) is 2.41. The molecule has 6 heteroatoms. The lowest BCUT2D eigenvalue weighted by Gasteiger charge is -2.28. The van der Waals surface area contributed by atoms with Crippen LogP contribution in [0, 0.1) is 11.8 Å². The monoisotopic (exact) mass is 301 g/mol. The zero-order valence-corrected chi connectivity index (χ0v) is 12.0. The van der Waals surface area contributed by atoms with Gasteiger partial charge in [-0.2, -0.15) is 0 Å². The molecule has 1 aromatic carbocycles. The van der Waals surface area contributed by atoms with E-state index >= 15 is 0 Å². The van der Waals surface area contributed by atoms with Crippen LogP contribution in [0.5, 0.6) is 0 Å². The van der Waals surface area contributed by atoms with E-state index in [1.54, 1.807) is 24.3 Å². The lowest BCUT2D eigenvalue weighted by molar-refractivity contribution is -0.313. The van der Waals surface area contributed by atoms with Crippen LogP contribution in [0.25, 0.3) is 0 Å². The van der Waals surface area contributed by atoms with Crippen LogP contribution in [0.15, 0.2) is 42.5 Å². The molecule has 2 N–H and O–H groups in total. The van der Waals surface area contributed by atoms with Gasteiger partial charge in [0.15, 0.2) is 0 Å². The number of allylic oxidation sites excluding steroid dienone is 2. The second kappa shape index (κ2) is 7.40. The lowest BCUT2D eigenvalue weighted by Crippen LogP contribution is -2.49. The Morgan fingerprint density at radius 1 is 1.00 bits per heavy atom. The molecule has 0 radical (unpaired) electrons. The third-order valence-electron chi connectivity index (χ3n) is 3.60. The van der Waals surface area contributed by atoms with Crippen LogP contribution in [-0.2, 0) is 20.8 Å². The van der Waals surface area contributed by atoms with Crippen molar-refractivity contribution in [3.05, 3.63) is 48.0 Å². The predicted octanol–water partition coefficient (Wildman–Crippen LogP) is -0.291. The zero-order chi connectivity index (χ0) is 15.9. The molecule has 22 heavy (non-hydrogen) atoms. The number of nitrogens with one attached hydrogen (secondary N) is 2. The van der Waals surface area contributed by atoms with Gasteiger partial charge in [0, 0.05) is 11.9 Å². The van der Waals surface area contributed by atoms with Gasteiger partial charge in [-0.15, -0.1) is 0 Å². The summed E-state index contributed by atoms with van der Waals surface area (Å²) in [6.07, 6.45) is 4.20. The smallest absolute Gasteiger partial charge is 0.242 e. The molecule has 0 aromatic heterocycles. The van der Waals surface area contributed by atoms with E-state index in [-0.39, 0.29) is 18.7 Å². The molecular formula is C16H17N2O4-. The van der Waals surface area contributed by atoms with Crippen molar-refractivity contribution in [3.63, 3.8) is 0 Å². The van der Waals surface area contributed by atoms with Crippen molar-refractivity contribution in [2.24, 2.45) is 11.8 Å². The van der Waals surface area contributed by atoms with Gasteiger partial charge in [0.2, 0.25) is 11.8 Å². The summed E-state index contributed by atoms with van der Waals surface area (Å²) in [5.41, 5.74) is 5.43. The second-order valence-electron chi connectivity index (χ2n) is 5.17. The van der Waals surface area contributed by atoms with Crippen molar-refractivity contribution in [2.75, 3.05) is 0 Å². The Morgan fingerprint density at radius 2 is 1.64 bits per heavy atom. The number of amides is 2. The highest BCUT2D eigenvalue weighted by molar-refractivity contribution is 5.87. The maximum absolute atomic E-state index is 12.0. The average molecular weight is 301 g/mol. The molecule has 0 aliphatic heterocycles. The minimum absolute atomic E-state index is 0.135. The van der Waals surface area contributed by atoms with Gasteiger partial charge in [0.25, 0.3) is 0 Å². The number of rotatable bonds is 4. The SMILES string of the molecule is O=C(Cc1ccccc1)NNC(=O)[C@H]1CC=CC[C@@H]1C(=O)[O-]. The summed E-state index contributed by atoms with van der Waals surface area (Å²) in [5, 5.41) is 11.0. The summed E-state index contributed by atoms with van der Waals surface area (Å²) in [6.45, 7) is 0. The molecule has 0 bridgehead atoms. The van der Waals surface area contributed by atoms with E-state index in [2.05, 4.69) is 10.9 Å². The largest absolute Gasteiger partial charge is 0.550 e. The van der Waals surface area contributed by atoms with E-state index in [4.69, 9.17) is 0 Å². The Kier molecular flexibility index (Phi) is 5.30. The molecule has 0 heterocycles. The standard InChI is InChI=1S/C16H18N2O4/c19-14(10-11-6-2-1-3-7-11)17-18-15(20)12-8-4-5-9-13(12)16(21)22/h1-7,12-13H,8-10H2,(H,17,19)(H,18,20)(H,21,22)/p-1/t12-,13-/m0/s1. The third-order valence-corrected chi connectivity index (χ3v) is 3.60. The van der Waals surface area contributed by atoms with Gasteiger partial charge in [0.1, 0.15) is 0 Å².